The van der Waals surface area contributed by atoms with Gasteiger partial charge >= 0.3 is 0 Å². The number of hydrogen-bond donors (Lipinski definition) is 1. The molecule has 0 spiro atoms. The summed E-state index contributed by atoms with van der Waals surface area (Å²) in [5.74, 6) is 2.17. The Balaban J connectivity index is 1.74. The van der Waals surface area contributed by atoms with Crippen LogP contribution in [0.1, 0.15) is 68.1 Å². The zero-order chi connectivity index (χ0) is 15.8. The van der Waals surface area contributed by atoms with Gasteiger partial charge in [-0.3, -0.25) is 0 Å². The quantitative estimate of drug-likeness (QED) is 0.862. The van der Waals surface area contributed by atoms with Crippen molar-refractivity contribution in [2.24, 2.45) is 5.92 Å². The molecule has 122 valence electrons. The molecule has 4 unspecified atom stereocenters. The van der Waals surface area contributed by atoms with Gasteiger partial charge in [-0.05, 0) is 55.0 Å². The Morgan fingerprint density at radius 1 is 1.30 bits per heavy atom. The minimum atomic E-state index is 0.211. The molecular formula is C20H26NO2+. The van der Waals surface area contributed by atoms with Gasteiger partial charge in [-0.1, -0.05) is 19.9 Å². The number of hydrogen-bond acceptors (Lipinski definition) is 2. The fourth-order valence-corrected chi connectivity index (χ4v) is 4.12. The van der Waals surface area contributed by atoms with E-state index in [1.165, 1.54) is 29.7 Å². The van der Waals surface area contributed by atoms with Crippen molar-refractivity contribution in [3.05, 3.63) is 53.5 Å². The summed E-state index contributed by atoms with van der Waals surface area (Å²) >= 11 is 0. The smallest absolute Gasteiger partial charge is 0.161 e. The van der Waals surface area contributed by atoms with Crippen molar-refractivity contribution in [1.29, 1.82) is 0 Å². The molecule has 1 fully saturated rings. The third kappa shape index (κ3) is 2.62. The molecule has 4 rings (SSSR count). The van der Waals surface area contributed by atoms with E-state index in [0.29, 0.717) is 17.9 Å². The van der Waals surface area contributed by atoms with Gasteiger partial charge in [0.1, 0.15) is 5.69 Å². The largest absolute Gasteiger partial charge is 0.463 e. The lowest BCUT2D eigenvalue weighted by Crippen LogP contribution is -2.83. The maximum atomic E-state index is 6.24. The molecule has 1 aromatic heterocycles. The van der Waals surface area contributed by atoms with Crippen LogP contribution in [-0.2, 0) is 4.74 Å². The van der Waals surface area contributed by atoms with Crippen LogP contribution in [0, 0.1) is 5.92 Å². The monoisotopic (exact) mass is 312 g/mol. The fraction of sp³-hybridized carbons (Fsp3) is 0.500. The Hall–Kier alpha value is -1.58. The molecule has 0 bridgehead atoms. The molecule has 2 N–H and O–H groups in total. The highest BCUT2D eigenvalue weighted by atomic mass is 16.5. The third-order valence-corrected chi connectivity index (χ3v) is 5.66. The molecule has 3 nitrogen and oxygen atoms in total. The fourth-order valence-electron chi connectivity index (χ4n) is 4.12. The first-order valence-electron chi connectivity index (χ1n) is 8.91. The second-order valence-corrected chi connectivity index (χ2v) is 7.00. The standard InChI is InChI=1S/C20H25NO2/c1-3-13(2)14-8-9-17-16(12-14)20-15(6-4-11-23-20)19(21-17)18-7-5-10-22-18/h5,7-10,12-13,15,19-21H,3-4,6,11H2,1-2H3/p+1. The number of rotatable bonds is 3. The predicted octanol–water partition coefficient (Wildman–Crippen LogP) is 4.21. The van der Waals surface area contributed by atoms with Crippen LogP contribution in [0.25, 0.3) is 0 Å². The molecule has 0 amide bonds. The van der Waals surface area contributed by atoms with Crippen LogP contribution in [-0.4, -0.2) is 6.61 Å². The number of nitrogens with two attached hydrogens (primary N) is 1. The normalized spacial score (nSPS) is 28.0. The Morgan fingerprint density at radius 2 is 2.22 bits per heavy atom. The van der Waals surface area contributed by atoms with Gasteiger partial charge in [0.15, 0.2) is 11.8 Å². The Kier molecular flexibility index (Phi) is 4.00. The summed E-state index contributed by atoms with van der Waals surface area (Å²) in [5, 5.41) is 2.39. The van der Waals surface area contributed by atoms with Gasteiger partial charge in [0, 0.05) is 18.1 Å². The highest BCUT2D eigenvalue weighted by molar-refractivity contribution is 5.46. The van der Waals surface area contributed by atoms with Crippen molar-refractivity contribution in [1.82, 2.24) is 0 Å². The summed E-state index contributed by atoms with van der Waals surface area (Å²) in [7, 11) is 0. The first kappa shape index (κ1) is 15.0. The van der Waals surface area contributed by atoms with Gasteiger partial charge in [0.25, 0.3) is 0 Å². The van der Waals surface area contributed by atoms with Crippen molar-refractivity contribution in [2.75, 3.05) is 6.61 Å². The van der Waals surface area contributed by atoms with Gasteiger partial charge in [-0.15, -0.1) is 0 Å². The lowest BCUT2D eigenvalue weighted by Gasteiger charge is -2.39. The van der Waals surface area contributed by atoms with E-state index >= 15 is 0 Å². The van der Waals surface area contributed by atoms with Crippen molar-refractivity contribution < 1.29 is 14.5 Å². The Labute approximate surface area is 138 Å². The highest BCUT2D eigenvalue weighted by Crippen LogP contribution is 2.45. The second-order valence-electron chi connectivity index (χ2n) is 7.00. The van der Waals surface area contributed by atoms with Crippen molar-refractivity contribution >= 4 is 5.69 Å². The lowest BCUT2D eigenvalue weighted by molar-refractivity contribution is -0.639. The zero-order valence-corrected chi connectivity index (χ0v) is 14.0. The van der Waals surface area contributed by atoms with Gasteiger partial charge in [-0.25, -0.2) is 0 Å². The summed E-state index contributed by atoms with van der Waals surface area (Å²) in [6.45, 7) is 5.43. The van der Waals surface area contributed by atoms with Crippen LogP contribution in [0.5, 0.6) is 0 Å². The lowest BCUT2D eigenvalue weighted by atomic mass is 9.78. The molecule has 0 saturated carbocycles. The first-order chi connectivity index (χ1) is 11.3. The molecule has 2 aliphatic heterocycles. The van der Waals surface area contributed by atoms with E-state index in [1.807, 2.05) is 6.07 Å². The average Bonchev–Trinajstić information content (AvgIpc) is 3.14. The van der Waals surface area contributed by atoms with Crippen molar-refractivity contribution in [3.8, 4) is 0 Å². The van der Waals surface area contributed by atoms with Crippen molar-refractivity contribution in [3.63, 3.8) is 0 Å². The molecule has 3 heterocycles. The summed E-state index contributed by atoms with van der Waals surface area (Å²) < 4.78 is 12.0. The minimum absolute atomic E-state index is 0.211. The van der Waals surface area contributed by atoms with Crippen LogP contribution >= 0.6 is 0 Å². The molecule has 0 aliphatic carbocycles. The molecule has 4 atom stereocenters. The summed E-state index contributed by atoms with van der Waals surface area (Å²) in [4.78, 5) is 0. The van der Waals surface area contributed by atoms with Gasteiger partial charge < -0.3 is 14.5 Å². The highest BCUT2D eigenvalue weighted by Gasteiger charge is 2.44. The second kappa shape index (κ2) is 6.14. The van der Waals surface area contributed by atoms with Crippen LogP contribution in [0.3, 0.4) is 0 Å². The molecule has 3 heteroatoms. The van der Waals surface area contributed by atoms with Crippen LogP contribution < -0.4 is 5.32 Å². The van der Waals surface area contributed by atoms with Crippen LogP contribution in [0.4, 0.5) is 5.69 Å². The summed E-state index contributed by atoms with van der Waals surface area (Å²) in [6, 6.07) is 11.4. The minimum Gasteiger partial charge on any atom is -0.463 e. The number of fused-ring (bicyclic) bond motifs is 3. The number of ether oxygens (including phenoxy) is 1. The van der Waals surface area contributed by atoms with E-state index < -0.39 is 0 Å². The van der Waals surface area contributed by atoms with Gasteiger partial charge in [0.2, 0.25) is 0 Å². The zero-order valence-electron chi connectivity index (χ0n) is 14.0. The van der Waals surface area contributed by atoms with E-state index in [0.717, 1.165) is 18.8 Å². The van der Waals surface area contributed by atoms with Gasteiger partial charge in [-0.2, -0.15) is 0 Å². The Morgan fingerprint density at radius 3 is 3.00 bits per heavy atom. The van der Waals surface area contributed by atoms with E-state index in [-0.39, 0.29) is 6.10 Å². The molecule has 23 heavy (non-hydrogen) atoms. The average molecular weight is 312 g/mol. The van der Waals surface area contributed by atoms with E-state index in [1.54, 1.807) is 6.26 Å². The third-order valence-electron chi connectivity index (χ3n) is 5.66. The van der Waals surface area contributed by atoms with E-state index in [4.69, 9.17) is 9.15 Å². The predicted molar refractivity (Wildman–Crippen MR) is 89.6 cm³/mol. The number of quaternary nitrogens is 1. The molecule has 2 aliphatic rings. The van der Waals surface area contributed by atoms with Crippen LogP contribution in [0.2, 0.25) is 0 Å². The molecule has 1 saturated heterocycles. The Bertz CT molecular complexity index is 664. The maximum Gasteiger partial charge on any atom is 0.161 e. The SMILES string of the molecule is CCC(C)c1ccc2c(c1)C1OCCCC1C(c1ccco1)[NH2+]2. The molecule has 2 aromatic rings. The van der Waals surface area contributed by atoms with Gasteiger partial charge in [0.05, 0.1) is 12.4 Å². The van der Waals surface area contributed by atoms with E-state index in [9.17, 15) is 0 Å². The van der Waals surface area contributed by atoms with Crippen molar-refractivity contribution in [2.45, 2.75) is 51.2 Å². The summed E-state index contributed by atoms with van der Waals surface area (Å²) in [5.41, 5.74) is 4.14. The molecular weight excluding hydrogens is 286 g/mol. The first-order valence-corrected chi connectivity index (χ1v) is 8.91. The number of furan rings is 1. The maximum absolute atomic E-state index is 6.24. The summed E-state index contributed by atoms with van der Waals surface area (Å²) in [6.07, 6.45) is 5.52. The molecule has 1 aromatic carbocycles. The topological polar surface area (TPSA) is 39.0 Å². The van der Waals surface area contributed by atoms with Crippen LogP contribution in [0.15, 0.2) is 41.0 Å². The molecule has 0 radical (unpaired) electrons. The van der Waals surface area contributed by atoms with E-state index in [2.05, 4.69) is 43.4 Å². The number of benzene rings is 1.